The highest BCUT2D eigenvalue weighted by Gasteiger charge is 2.62. The Morgan fingerprint density at radius 2 is 2.04 bits per heavy atom. The number of alkyl halides is 1. The molecule has 2 unspecified atom stereocenters. The lowest BCUT2D eigenvalue weighted by Crippen LogP contribution is -2.68. The standard InChI is InChI=1S/C37H34ClF3N10O2S/c38-24-10-22-29(28(41)27(24)21-4-5-25(40)30-26(21)23(12-42)32(43)54-30)46-34(53-16-37-6-1-8-49(37)13-20(39)11-37)47-33(22)48-9-7-36(14-48)15-50(31(36)19-2-3-19)35(52)51-18-44-17-45-51/h4-5,10,17-20,31H,1-3,6-9,11,13-16,43H2/t20-,31?,36?,37+/m1/s1. The number of hydrogen-bond acceptors (Lipinski definition) is 11. The number of carbonyl (C=O) groups excluding carboxylic acids is 1. The Kier molecular flexibility index (Phi) is 7.60. The van der Waals surface area contributed by atoms with E-state index in [0.717, 1.165) is 50.0 Å². The molecule has 1 spiro atoms. The van der Waals surface area contributed by atoms with Crippen molar-refractivity contribution in [2.75, 3.05) is 50.0 Å². The SMILES string of the molecule is N#Cc1c(N)sc2c(F)ccc(-c3c(Cl)cc4c(N5CCC6(C5)CN(C(=O)n5cncn5)C6C5CC5)nc(OC[C@@]56CCCN5C[C@H](F)C6)nc4c3F)c12. The first-order valence-electron chi connectivity index (χ1n) is 18.1. The van der Waals surface area contributed by atoms with Gasteiger partial charge >= 0.3 is 12.0 Å². The van der Waals surface area contributed by atoms with Crippen LogP contribution in [0.15, 0.2) is 30.9 Å². The maximum atomic E-state index is 17.3. The molecule has 1 aliphatic carbocycles. The zero-order valence-corrected chi connectivity index (χ0v) is 30.5. The summed E-state index contributed by atoms with van der Waals surface area (Å²) in [6.45, 7) is 2.95. The molecule has 0 bridgehead atoms. The molecule has 4 atom stereocenters. The van der Waals surface area contributed by atoms with Crippen LogP contribution >= 0.6 is 22.9 Å². The third kappa shape index (κ3) is 5.00. The smallest absolute Gasteiger partial charge is 0.346 e. The van der Waals surface area contributed by atoms with Crippen LogP contribution in [0.1, 0.15) is 44.1 Å². The maximum absolute atomic E-state index is 17.3. The van der Waals surface area contributed by atoms with Crippen molar-refractivity contribution < 1.29 is 22.7 Å². The first-order valence-corrected chi connectivity index (χ1v) is 19.3. The highest BCUT2D eigenvalue weighted by Crippen LogP contribution is 2.56. The number of rotatable bonds is 6. The minimum Gasteiger partial charge on any atom is -0.461 e. The lowest BCUT2D eigenvalue weighted by molar-refractivity contribution is -0.0389. The number of nitriles is 1. The summed E-state index contributed by atoms with van der Waals surface area (Å²) in [5.74, 6) is -0.557. The van der Waals surface area contributed by atoms with E-state index in [2.05, 4.69) is 24.9 Å². The molecule has 4 aliphatic heterocycles. The molecule has 3 aromatic heterocycles. The number of ether oxygens (including phenoxy) is 1. The number of anilines is 2. The quantitative estimate of drug-likeness (QED) is 0.206. The highest BCUT2D eigenvalue weighted by molar-refractivity contribution is 7.23. The molecule has 17 heteroatoms. The second-order valence-electron chi connectivity index (χ2n) is 15.5. The summed E-state index contributed by atoms with van der Waals surface area (Å²) in [5, 5.41) is 14.7. The zero-order chi connectivity index (χ0) is 37.1. The molecule has 2 aromatic carbocycles. The second kappa shape index (κ2) is 12.1. The second-order valence-corrected chi connectivity index (χ2v) is 16.9. The number of hydrogen-bond donors (Lipinski definition) is 1. The highest BCUT2D eigenvalue weighted by atomic mass is 35.5. The number of nitrogens with zero attached hydrogens (tertiary/aromatic N) is 9. The Hall–Kier alpha value is -4.72. The summed E-state index contributed by atoms with van der Waals surface area (Å²) in [6.07, 6.45) is 6.68. The molecule has 4 saturated heterocycles. The number of thiophene rings is 1. The summed E-state index contributed by atoms with van der Waals surface area (Å²) in [5.41, 5.74) is 5.55. The number of aromatic nitrogens is 5. The van der Waals surface area contributed by atoms with E-state index in [-0.39, 0.29) is 72.4 Å². The zero-order valence-electron chi connectivity index (χ0n) is 28.9. The van der Waals surface area contributed by atoms with Crippen molar-refractivity contribution in [1.29, 1.82) is 5.26 Å². The van der Waals surface area contributed by atoms with Crippen molar-refractivity contribution in [2.45, 2.75) is 56.3 Å². The van der Waals surface area contributed by atoms with Crippen molar-refractivity contribution in [3.8, 4) is 23.2 Å². The number of nitrogens with two attached hydrogens (primary N) is 1. The van der Waals surface area contributed by atoms with Gasteiger partial charge in [0.05, 0.1) is 20.8 Å². The van der Waals surface area contributed by atoms with Crippen LogP contribution in [0.5, 0.6) is 6.01 Å². The summed E-state index contributed by atoms with van der Waals surface area (Å²) in [6, 6.07) is 6.00. The molecule has 1 saturated carbocycles. The Morgan fingerprint density at radius 3 is 2.81 bits per heavy atom. The molecule has 0 radical (unpaired) electrons. The minimum atomic E-state index is -0.959. The molecule has 10 rings (SSSR count). The van der Waals surface area contributed by atoms with Crippen molar-refractivity contribution in [1.82, 2.24) is 34.5 Å². The van der Waals surface area contributed by atoms with E-state index in [1.807, 2.05) is 11.0 Å². The van der Waals surface area contributed by atoms with Crippen LogP contribution in [-0.4, -0.2) is 97.6 Å². The molecular weight excluding hydrogens is 741 g/mol. The lowest BCUT2D eigenvalue weighted by atomic mass is 9.68. The molecular formula is C37H34ClF3N10O2S. The van der Waals surface area contributed by atoms with E-state index in [1.54, 1.807) is 6.07 Å². The third-order valence-corrected chi connectivity index (χ3v) is 13.7. The minimum absolute atomic E-state index is 0.00618. The van der Waals surface area contributed by atoms with Crippen LogP contribution in [0.25, 0.3) is 32.1 Å². The molecule has 54 heavy (non-hydrogen) atoms. The molecule has 5 aliphatic rings. The number of amides is 1. The van der Waals surface area contributed by atoms with E-state index in [4.69, 9.17) is 27.1 Å². The van der Waals surface area contributed by atoms with Gasteiger partial charge in [0.25, 0.3) is 0 Å². The van der Waals surface area contributed by atoms with Crippen LogP contribution in [0.2, 0.25) is 5.02 Å². The lowest BCUT2D eigenvalue weighted by Gasteiger charge is -2.56. The summed E-state index contributed by atoms with van der Waals surface area (Å²) in [4.78, 5) is 33.0. The van der Waals surface area contributed by atoms with Gasteiger partial charge in [-0.15, -0.1) is 11.3 Å². The maximum Gasteiger partial charge on any atom is 0.346 e. The molecule has 12 nitrogen and oxygen atoms in total. The fraction of sp³-hybridized carbons (Fsp3) is 0.459. The molecule has 1 amide bonds. The van der Waals surface area contributed by atoms with Gasteiger partial charge in [-0.05, 0) is 62.3 Å². The summed E-state index contributed by atoms with van der Waals surface area (Å²) >= 11 is 7.86. The number of fused-ring (bicyclic) bond motifs is 3. The number of benzene rings is 2. The molecule has 278 valence electrons. The van der Waals surface area contributed by atoms with Gasteiger partial charge in [-0.25, -0.2) is 22.9 Å². The third-order valence-electron chi connectivity index (χ3n) is 12.3. The Labute approximate surface area is 316 Å². The fourth-order valence-corrected chi connectivity index (χ4v) is 11.1. The molecule has 5 aromatic rings. The molecule has 7 heterocycles. The van der Waals surface area contributed by atoms with Crippen LogP contribution in [0.4, 0.5) is 28.8 Å². The molecule has 2 N–H and O–H groups in total. The first kappa shape index (κ1) is 33.8. The van der Waals surface area contributed by atoms with Gasteiger partial charge in [0, 0.05) is 60.4 Å². The van der Waals surface area contributed by atoms with Crippen LogP contribution in [0.3, 0.4) is 0 Å². The topological polar surface area (TPSA) is 142 Å². The fourth-order valence-electron chi connectivity index (χ4n) is 9.86. The van der Waals surface area contributed by atoms with Gasteiger partial charge < -0.3 is 20.3 Å². The summed E-state index contributed by atoms with van der Waals surface area (Å²) in [7, 11) is 0. The van der Waals surface area contributed by atoms with Crippen molar-refractivity contribution in [3.63, 3.8) is 0 Å². The van der Waals surface area contributed by atoms with Crippen LogP contribution < -0.4 is 15.4 Å². The van der Waals surface area contributed by atoms with Crippen molar-refractivity contribution in [2.24, 2.45) is 11.3 Å². The van der Waals surface area contributed by atoms with Gasteiger partial charge in [-0.1, -0.05) is 17.7 Å². The van der Waals surface area contributed by atoms with Gasteiger partial charge in [0.15, 0.2) is 5.82 Å². The van der Waals surface area contributed by atoms with E-state index < -0.39 is 23.3 Å². The van der Waals surface area contributed by atoms with Crippen LogP contribution in [-0.2, 0) is 0 Å². The van der Waals surface area contributed by atoms with E-state index in [0.29, 0.717) is 49.7 Å². The average Bonchev–Trinajstić information content (AvgIpc) is 3.61. The number of nitrogen functional groups attached to an aromatic ring is 1. The predicted octanol–water partition coefficient (Wildman–Crippen LogP) is 6.40. The number of likely N-dealkylation sites (tertiary alicyclic amines) is 1. The average molecular weight is 775 g/mol. The first-order chi connectivity index (χ1) is 26.1. The van der Waals surface area contributed by atoms with Gasteiger partial charge in [0.2, 0.25) is 0 Å². The number of carbonyl (C=O) groups is 1. The summed E-state index contributed by atoms with van der Waals surface area (Å²) < 4.78 is 54.6. The Balaban J connectivity index is 1.07. The normalized spacial score (nSPS) is 26.6. The number of halogens is 4. The van der Waals surface area contributed by atoms with E-state index in [9.17, 15) is 14.4 Å². The van der Waals surface area contributed by atoms with E-state index in [1.165, 1.54) is 29.5 Å². The van der Waals surface area contributed by atoms with Gasteiger partial charge in [-0.2, -0.15) is 25.0 Å². The van der Waals surface area contributed by atoms with Crippen LogP contribution in [0, 0.1) is 34.3 Å². The van der Waals surface area contributed by atoms with Crippen molar-refractivity contribution >= 4 is 60.8 Å². The molecule has 5 fully saturated rings. The predicted molar refractivity (Wildman–Crippen MR) is 196 cm³/mol. The van der Waals surface area contributed by atoms with E-state index >= 15 is 8.78 Å². The monoisotopic (exact) mass is 774 g/mol. The van der Waals surface area contributed by atoms with Crippen molar-refractivity contribution in [3.05, 3.63) is 53.1 Å². The Morgan fingerprint density at radius 1 is 1.19 bits per heavy atom. The largest absolute Gasteiger partial charge is 0.461 e. The van der Waals surface area contributed by atoms with Gasteiger partial charge in [-0.3, -0.25) is 4.90 Å². The van der Waals surface area contributed by atoms with Gasteiger partial charge in [0.1, 0.15) is 53.7 Å². The Bertz CT molecular complexity index is 2420.